The van der Waals surface area contributed by atoms with Crippen molar-refractivity contribution < 1.29 is 27.4 Å². The topological polar surface area (TPSA) is 144 Å². The van der Waals surface area contributed by atoms with Crippen molar-refractivity contribution in [2.45, 2.75) is 32.0 Å². The molecule has 1 aliphatic heterocycles. The molecule has 194 valence electrons. The van der Waals surface area contributed by atoms with E-state index in [2.05, 4.69) is 14.9 Å². The lowest BCUT2D eigenvalue weighted by Gasteiger charge is -2.33. The van der Waals surface area contributed by atoms with Crippen LogP contribution in [0.5, 0.6) is 5.88 Å². The average molecular weight is 508 g/mol. The van der Waals surface area contributed by atoms with Gasteiger partial charge in [0.05, 0.1) is 25.4 Å². The molecular weight excluding hydrogens is 479 g/mol. The normalized spacial score (nSPS) is 15.2. The Morgan fingerprint density at radius 2 is 2.06 bits per heavy atom. The smallest absolute Gasteiger partial charge is 0.416 e. The summed E-state index contributed by atoms with van der Waals surface area (Å²) in [6, 6.07) is 5.16. The molecule has 0 saturated carbocycles. The Morgan fingerprint density at radius 3 is 2.67 bits per heavy atom. The fourth-order valence-corrected chi connectivity index (χ4v) is 3.97. The first-order valence-electron chi connectivity index (χ1n) is 11.4. The molecule has 4 N–H and O–H groups in total. The number of hydrogen-bond acceptors (Lipinski definition) is 9. The molecule has 2 heterocycles. The maximum Gasteiger partial charge on any atom is 0.416 e. The number of benzene rings is 1. The van der Waals surface area contributed by atoms with Gasteiger partial charge in [0.25, 0.3) is 0 Å². The third-order valence-electron chi connectivity index (χ3n) is 5.64. The summed E-state index contributed by atoms with van der Waals surface area (Å²) in [4.78, 5) is 24.1. The zero-order valence-electron chi connectivity index (χ0n) is 19.8. The third-order valence-corrected chi connectivity index (χ3v) is 5.64. The summed E-state index contributed by atoms with van der Waals surface area (Å²) in [5, 5.41) is 9.87. The number of nitrogens with zero attached hydrogens (tertiary/aromatic N) is 5. The quantitative estimate of drug-likeness (QED) is 0.495. The van der Waals surface area contributed by atoms with Gasteiger partial charge in [-0.25, -0.2) is 0 Å². The Bertz CT molecular complexity index is 1100. The van der Waals surface area contributed by atoms with Crippen LogP contribution in [0.2, 0.25) is 0 Å². The lowest BCUT2D eigenvalue weighted by molar-refractivity contribution is -0.137. The molecule has 1 atom stereocenters. The van der Waals surface area contributed by atoms with Gasteiger partial charge in [-0.15, -0.1) is 0 Å². The summed E-state index contributed by atoms with van der Waals surface area (Å²) < 4.78 is 51.4. The van der Waals surface area contributed by atoms with Gasteiger partial charge < -0.3 is 25.8 Å². The van der Waals surface area contributed by atoms with E-state index in [9.17, 15) is 23.2 Å². The summed E-state index contributed by atoms with van der Waals surface area (Å²) in [5.74, 6) is -1.38. The number of alkyl halides is 3. The molecule has 36 heavy (non-hydrogen) atoms. The van der Waals surface area contributed by atoms with E-state index < -0.39 is 23.7 Å². The van der Waals surface area contributed by atoms with Gasteiger partial charge in [0.2, 0.25) is 17.7 Å². The van der Waals surface area contributed by atoms with Crippen molar-refractivity contribution in [3.05, 3.63) is 35.4 Å². The number of morpholine rings is 1. The van der Waals surface area contributed by atoms with Crippen molar-refractivity contribution in [1.29, 1.82) is 5.26 Å². The summed E-state index contributed by atoms with van der Waals surface area (Å²) in [7, 11) is 0. The predicted molar refractivity (Wildman–Crippen MR) is 125 cm³/mol. The van der Waals surface area contributed by atoms with E-state index in [0.29, 0.717) is 26.2 Å². The van der Waals surface area contributed by atoms with Crippen LogP contribution in [0.25, 0.3) is 0 Å². The van der Waals surface area contributed by atoms with Gasteiger partial charge in [-0.05, 0) is 44.5 Å². The number of rotatable bonds is 10. The lowest BCUT2D eigenvalue weighted by Crippen LogP contribution is -2.44. The Kier molecular flexibility index (Phi) is 8.89. The number of halogens is 3. The highest BCUT2D eigenvalue weighted by atomic mass is 19.4. The van der Waals surface area contributed by atoms with E-state index in [-0.39, 0.29) is 41.9 Å². The predicted octanol–water partition coefficient (Wildman–Crippen LogP) is 2.45. The number of carbonyl (C=O) groups is 1. The van der Waals surface area contributed by atoms with Crippen LogP contribution < -0.4 is 21.1 Å². The largest absolute Gasteiger partial charge is 0.477 e. The Balaban J connectivity index is 2.09. The van der Waals surface area contributed by atoms with Gasteiger partial charge >= 0.3 is 6.18 Å². The first-order chi connectivity index (χ1) is 17.2. The number of ether oxygens (including phenoxy) is 2. The number of primary amides is 1. The van der Waals surface area contributed by atoms with E-state index in [1.54, 1.807) is 6.92 Å². The molecule has 10 nitrogen and oxygen atoms in total. The number of nitrogen functional groups attached to an aromatic ring is 1. The number of nitriles is 1. The zero-order valence-corrected chi connectivity index (χ0v) is 19.8. The first kappa shape index (κ1) is 27.0. The highest BCUT2D eigenvalue weighted by Gasteiger charge is 2.34. The molecule has 1 amide bonds. The van der Waals surface area contributed by atoms with E-state index in [4.69, 9.17) is 20.9 Å². The van der Waals surface area contributed by atoms with Crippen LogP contribution in [0.15, 0.2) is 24.3 Å². The number of amides is 1. The second kappa shape index (κ2) is 11.9. The standard InChI is InChI=1S/C23H28F3N7O3/c1-2-36-21-17(14-27)20(30-22(29)31-21)33(16-6-3-5-15(13-16)23(24,25)26)18(19(28)34)7-4-8-32-9-11-35-12-10-32/h3,5-6,13,18H,2,4,7-12H2,1H3,(H2,28,34)(H2,29,30,31)/t18-/m0/s1. The fourth-order valence-electron chi connectivity index (χ4n) is 3.97. The molecule has 0 spiro atoms. The molecule has 1 aliphatic rings. The van der Waals surface area contributed by atoms with Gasteiger partial charge in [0, 0.05) is 18.8 Å². The summed E-state index contributed by atoms with van der Waals surface area (Å²) in [5.41, 5.74) is 10.5. The number of anilines is 3. The van der Waals surface area contributed by atoms with Crippen LogP contribution >= 0.6 is 0 Å². The Hall–Kier alpha value is -3.63. The maximum atomic E-state index is 13.5. The third kappa shape index (κ3) is 6.52. The average Bonchev–Trinajstić information content (AvgIpc) is 2.83. The van der Waals surface area contributed by atoms with Crippen molar-refractivity contribution in [2.75, 3.05) is 50.1 Å². The minimum Gasteiger partial charge on any atom is -0.477 e. The second-order valence-electron chi connectivity index (χ2n) is 8.06. The van der Waals surface area contributed by atoms with Gasteiger partial charge in [-0.1, -0.05) is 6.07 Å². The molecular formula is C23H28F3N7O3. The zero-order chi connectivity index (χ0) is 26.3. The van der Waals surface area contributed by atoms with E-state index in [0.717, 1.165) is 25.2 Å². The summed E-state index contributed by atoms with van der Waals surface area (Å²) >= 11 is 0. The molecule has 13 heteroatoms. The van der Waals surface area contributed by atoms with E-state index in [1.807, 2.05) is 6.07 Å². The van der Waals surface area contributed by atoms with Gasteiger partial charge in [0.1, 0.15) is 12.1 Å². The minimum absolute atomic E-state index is 0.0305. The molecule has 1 aromatic heterocycles. The molecule has 0 bridgehead atoms. The Morgan fingerprint density at radius 1 is 1.33 bits per heavy atom. The van der Waals surface area contributed by atoms with Gasteiger partial charge in [0.15, 0.2) is 11.4 Å². The molecule has 1 fully saturated rings. The SMILES string of the molecule is CCOc1nc(N)nc(N(c2cccc(C(F)(F)F)c2)[C@@H](CCCN2CCOCC2)C(N)=O)c1C#N. The van der Waals surface area contributed by atoms with Crippen molar-refractivity contribution in [3.63, 3.8) is 0 Å². The first-order valence-corrected chi connectivity index (χ1v) is 11.4. The molecule has 0 unspecified atom stereocenters. The minimum atomic E-state index is -4.64. The number of nitrogens with two attached hydrogens (primary N) is 2. The molecule has 2 aromatic rings. The molecule has 0 radical (unpaired) electrons. The Labute approximate surface area is 206 Å². The second-order valence-corrected chi connectivity index (χ2v) is 8.06. The van der Waals surface area contributed by atoms with Crippen LogP contribution in [-0.2, 0) is 15.7 Å². The highest BCUT2D eigenvalue weighted by Crippen LogP contribution is 2.38. The maximum absolute atomic E-state index is 13.5. The van der Waals surface area contributed by atoms with Gasteiger partial charge in [-0.3, -0.25) is 9.69 Å². The summed E-state index contributed by atoms with van der Waals surface area (Å²) in [6.07, 6.45) is -3.95. The van der Waals surface area contributed by atoms with Crippen molar-refractivity contribution in [3.8, 4) is 11.9 Å². The fraction of sp³-hybridized carbons (Fsp3) is 0.478. The molecule has 1 saturated heterocycles. The van der Waals surface area contributed by atoms with E-state index in [1.165, 1.54) is 17.0 Å². The van der Waals surface area contributed by atoms with Crippen molar-refractivity contribution in [1.82, 2.24) is 14.9 Å². The van der Waals surface area contributed by atoms with Crippen molar-refractivity contribution in [2.24, 2.45) is 5.73 Å². The van der Waals surface area contributed by atoms with Crippen LogP contribution in [0.3, 0.4) is 0 Å². The molecule has 3 rings (SSSR count). The van der Waals surface area contributed by atoms with Crippen LogP contribution in [0, 0.1) is 11.3 Å². The number of hydrogen-bond donors (Lipinski definition) is 2. The van der Waals surface area contributed by atoms with Crippen LogP contribution in [0.4, 0.5) is 30.6 Å². The highest BCUT2D eigenvalue weighted by molar-refractivity contribution is 5.87. The lowest BCUT2D eigenvalue weighted by atomic mass is 10.0. The van der Waals surface area contributed by atoms with Crippen LogP contribution in [0.1, 0.15) is 30.9 Å². The monoisotopic (exact) mass is 507 g/mol. The summed E-state index contributed by atoms with van der Waals surface area (Å²) in [6.45, 7) is 5.11. The van der Waals surface area contributed by atoms with Crippen LogP contribution in [-0.4, -0.2) is 66.3 Å². The molecule has 1 aromatic carbocycles. The van der Waals surface area contributed by atoms with Crippen molar-refractivity contribution >= 4 is 23.4 Å². The molecule has 0 aliphatic carbocycles. The van der Waals surface area contributed by atoms with E-state index >= 15 is 0 Å². The van der Waals surface area contributed by atoms with Gasteiger partial charge in [-0.2, -0.15) is 28.4 Å². The number of carbonyl (C=O) groups excluding carboxylic acids is 1. The number of aromatic nitrogens is 2.